The van der Waals surface area contributed by atoms with Crippen molar-refractivity contribution in [3.63, 3.8) is 0 Å². The van der Waals surface area contributed by atoms with Crippen molar-refractivity contribution in [2.45, 2.75) is 50.2 Å². The molecule has 1 saturated carbocycles. The van der Waals surface area contributed by atoms with E-state index in [-0.39, 0.29) is 24.2 Å². The van der Waals surface area contributed by atoms with Gasteiger partial charge in [0.1, 0.15) is 11.9 Å². The standard InChI is InChI=1S/C22H27FN4O/c1-27-8-6-14(7-9-27)15-2-3-16(20(23)12-15)10-19(13-24)26-22(28)21-17-4-5-18(11-17)25-21/h2-3,6,12,17-19,21,25H,4-5,7-11H2,1H3,(H,26,28)/t17?,18?,19-,21?/m0/s1. The highest BCUT2D eigenvalue weighted by molar-refractivity contribution is 5.83. The van der Waals surface area contributed by atoms with Crippen molar-refractivity contribution in [1.29, 1.82) is 5.26 Å². The molecule has 3 unspecified atom stereocenters. The van der Waals surface area contributed by atoms with Gasteiger partial charge in [-0.25, -0.2) is 4.39 Å². The molecule has 1 amide bonds. The molecule has 4 atom stereocenters. The molecule has 1 aromatic carbocycles. The Hall–Kier alpha value is -2.23. The van der Waals surface area contributed by atoms with E-state index < -0.39 is 6.04 Å². The van der Waals surface area contributed by atoms with Crippen LogP contribution in [0, 0.1) is 23.1 Å². The van der Waals surface area contributed by atoms with Crippen LogP contribution in [0.4, 0.5) is 4.39 Å². The van der Waals surface area contributed by atoms with Crippen LogP contribution in [0.15, 0.2) is 24.3 Å². The number of rotatable bonds is 5. The predicted octanol–water partition coefficient (Wildman–Crippen LogP) is 2.24. The second-order valence-electron chi connectivity index (χ2n) is 8.36. The first-order chi connectivity index (χ1) is 13.5. The van der Waals surface area contributed by atoms with Gasteiger partial charge in [-0.3, -0.25) is 4.79 Å². The second kappa shape index (κ2) is 8.02. The topological polar surface area (TPSA) is 68.2 Å². The summed E-state index contributed by atoms with van der Waals surface area (Å²) in [5.74, 6) is -0.0830. The van der Waals surface area contributed by atoms with E-state index in [0.29, 0.717) is 17.5 Å². The van der Waals surface area contributed by atoms with E-state index in [2.05, 4.69) is 34.7 Å². The van der Waals surface area contributed by atoms with Crippen molar-refractivity contribution >= 4 is 11.5 Å². The molecule has 1 saturated heterocycles. The van der Waals surface area contributed by atoms with Gasteiger partial charge in [0.05, 0.1) is 12.1 Å². The van der Waals surface area contributed by atoms with E-state index in [9.17, 15) is 14.4 Å². The van der Waals surface area contributed by atoms with Crippen LogP contribution in [0.25, 0.3) is 5.57 Å². The molecule has 2 heterocycles. The third-order valence-corrected chi connectivity index (χ3v) is 6.37. The molecule has 28 heavy (non-hydrogen) atoms. The number of nitrogens with zero attached hydrogens (tertiary/aromatic N) is 2. The molecule has 0 spiro atoms. The third-order valence-electron chi connectivity index (χ3n) is 6.37. The number of carbonyl (C=O) groups excluding carboxylic acids is 1. The van der Waals surface area contributed by atoms with Gasteiger partial charge in [0.2, 0.25) is 5.91 Å². The number of piperidine rings is 1. The molecule has 2 N–H and O–H groups in total. The lowest BCUT2D eigenvalue weighted by molar-refractivity contribution is -0.124. The van der Waals surface area contributed by atoms with E-state index in [1.807, 2.05) is 6.07 Å². The smallest absolute Gasteiger partial charge is 0.238 e. The summed E-state index contributed by atoms with van der Waals surface area (Å²) in [6.45, 7) is 1.84. The number of hydrogen-bond donors (Lipinski definition) is 2. The highest BCUT2D eigenvalue weighted by atomic mass is 19.1. The van der Waals surface area contributed by atoms with Gasteiger partial charge in [-0.1, -0.05) is 18.2 Å². The number of likely N-dealkylation sites (N-methyl/N-ethyl adjacent to an activating group) is 1. The van der Waals surface area contributed by atoms with Crippen molar-refractivity contribution in [1.82, 2.24) is 15.5 Å². The summed E-state index contributed by atoms with van der Waals surface area (Å²) < 4.78 is 14.7. The molecular formula is C22H27FN4O. The summed E-state index contributed by atoms with van der Waals surface area (Å²) in [5.41, 5.74) is 2.53. The van der Waals surface area contributed by atoms with Crippen molar-refractivity contribution in [2.75, 3.05) is 20.1 Å². The highest BCUT2D eigenvalue weighted by Gasteiger charge is 2.43. The number of fused-ring (bicyclic) bond motifs is 2. The number of amides is 1. The maximum atomic E-state index is 14.7. The Labute approximate surface area is 165 Å². The lowest BCUT2D eigenvalue weighted by Crippen LogP contribution is -2.50. The lowest BCUT2D eigenvalue weighted by Gasteiger charge is -2.24. The molecule has 1 aromatic rings. The Morgan fingerprint density at radius 3 is 2.93 bits per heavy atom. The average molecular weight is 382 g/mol. The molecule has 6 heteroatoms. The van der Waals surface area contributed by atoms with Crippen LogP contribution in [-0.4, -0.2) is 49.1 Å². The van der Waals surface area contributed by atoms with Crippen LogP contribution < -0.4 is 10.6 Å². The van der Waals surface area contributed by atoms with Gasteiger partial charge in [-0.15, -0.1) is 0 Å². The maximum Gasteiger partial charge on any atom is 0.238 e. The first-order valence-electron chi connectivity index (χ1n) is 10.2. The molecule has 5 nitrogen and oxygen atoms in total. The molecule has 0 radical (unpaired) electrons. The van der Waals surface area contributed by atoms with Crippen LogP contribution in [0.5, 0.6) is 0 Å². The lowest BCUT2D eigenvalue weighted by atomic mass is 9.96. The summed E-state index contributed by atoms with van der Waals surface area (Å²) in [5, 5.41) is 15.6. The van der Waals surface area contributed by atoms with Crippen molar-refractivity contribution in [3.05, 3.63) is 41.2 Å². The Bertz CT molecular complexity index is 830. The zero-order valence-electron chi connectivity index (χ0n) is 16.2. The van der Waals surface area contributed by atoms with Crippen LogP contribution in [0.1, 0.15) is 36.8 Å². The number of halogens is 1. The van der Waals surface area contributed by atoms with Crippen molar-refractivity contribution in [2.24, 2.45) is 5.92 Å². The number of benzene rings is 1. The van der Waals surface area contributed by atoms with Gasteiger partial charge >= 0.3 is 0 Å². The Balaban J connectivity index is 1.39. The monoisotopic (exact) mass is 382 g/mol. The first kappa shape index (κ1) is 19.1. The van der Waals surface area contributed by atoms with Crippen LogP contribution in [-0.2, 0) is 11.2 Å². The summed E-state index contributed by atoms with van der Waals surface area (Å²) >= 11 is 0. The van der Waals surface area contributed by atoms with Gasteiger partial charge in [0, 0.05) is 25.6 Å². The third kappa shape index (κ3) is 3.96. The van der Waals surface area contributed by atoms with Gasteiger partial charge in [0.25, 0.3) is 0 Å². The average Bonchev–Trinajstić information content (AvgIpc) is 3.33. The number of nitriles is 1. The molecular weight excluding hydrogens is 355 g/mol. The molecule has 2 bridgehead atoms. The van der Waals surface area contributed by atoms with E-state index in [0.717, 1.165) is 49.9 Å². The van der Waals surface area contributed by atoms with Crippen LogP contribution >= 0.6 is 0 Å². The van der Waals surface area contributed by atoms with Gasteiger partial charge in [0.15, 0.2) is 0 Å². The molecule has 3 aliphatic rings. The van der Waals surface area contributed by atoms with Crippen LogP contribution in [0.3, 0.4) is 0 Å². The zero-order valence-corrected chi connectivity index (χ0v) is 16.2. The molecule has 1 aliphatic carbocycles. The summed E-state index contributed by atoms with van der Waals surface area (Å²) in [7, 11) is 2.07. The van der Waals surface area contributed by atoms with Gasteiger partial charge in [-0.05, 0) is 61.4 Å². The highest BCUT2D eigenvalue weighted by Crippen LogP contribution is 2.35. The molecule has 2 fully saturated rings. The first-order valence-corrected chi connectivity index (χ1v) is 10.2. The fourth-order valence-electron chi connectivity index (χ4n) is 4.71. The maximum absolute atomic E-state index is 14.7. The Morgan fingerprint density at radius 1 is 1.46 bits per heavy atom. The quantitative estimate of drug-likeness (QED) is 0.820. The normalized spacial score (nSPS) is 27.9. The summed E-state index contributed by atoms with van der Waals surface area (Å²) in [4.78, 5) is 14.8. The molecule has 0 aromatic heterocycles. The Kier molecular flexibility index (Phi) is 5.47. The van der Waals surface area contributed by atoms with E-state index in [1.165, 1.54) is 0 Å². The largest absolute Gasteiger partial charge is 0.339 e. The number of hydrogen-bond acceptors (Lipinski definition) is 4. The zero-order chi connectivity index (χ0) is 19.7. The second-order valence-corrected chi connectivity index (χ2v) is 8.36. The van der Waals surface area contributed by atoms with Gasteiger partial charge in [-0.2, -0.15) is 5.26 Å². The van der Waals surface area contributed by atoms with Crippen molar-refractivity contribution in [3.8, 4) is 6.07 Å². The fourth-order valence-corrected chi connectivity index (χ4v) is 4.71. The fraction of sp³-hybridized carbons (Fsp3) is 0.545. The van der Waals surface area contributed by atoms with E-state index in [4.69, 9.17) is 0 Å². The predicted molar refractivity (Wildman–Crippen MR) is 106 cm³/mol. The van der Waals surface area contributed by atoms with E-state index in [1.54, 1.807) is 12.1 Å². The minimum atomic E-state index is -0.726. The molecule has 148 valence electrons. The number of nitrogens with one attached hydrogen (secondary N) is 2. The minimum Gasteiger partial charge on any atom is -0.339 e. The summed E-state index contributed by atoms with van der Waals surface area (Å²) in [6, 6.07) is 6.83. The summed E-state index contributed by atoms with van der Waals surface area (Å²) in [6.07, 6.45) is 6.45. The Morgan fingerprint density at radius 2 is 2.32 bits per heavy atom. The van der Waals surface area contributed by atoms with E-state index >= 15 is 0 Å². The van der Waals surface area contributed by atoms with Crippen LogP contribution in [0.2, 0.25) is 0 Å². The SMILES string of the molecule is CN1CC=C(c2ccc(C[C@@H](C#N)NC(=O)C3NC4CCC3C4)c(F)c2)CC1. The minimum absolute atomic E-state index is 0.132. The number of carbonyl (C=O) groups is 1. The van der Waals surface area contributed by atoms with Crippen molar-refractivity contribution < 1.29 is 9.18 Å². The molecule has 2 aliphatic heterocycles. The molecule has 4 rings (SSSR count). The van der Waals surface area contributed by atoms with Gasteiger partial charge < -0.3 is 15.5 Å².